The lowest BCUT2D eigenvalue weighted by Crippen LogP contribution is -2.42. The highest BCUT2D eigenvalue weighted by Crippen LogP contribution is 2.24. The number of anilines is 1. The minimum absolute atomic E-state index is 0.0985. The van der Waals surface area contributed by atoms with Gasteiger partial charge in [-0.25, -0.2) is 0 Å². The molecule has 0 radical (unpaired) electrons. The molecule has 2 aliphatic heterocycles. The standard InChI is InChI=1S/C19H24N6O4/c1-28-10-9-25-21-18(20-22-25)16-13-23(8-11-29-16)19(27)14-4-2-5-15(12-14)24-7-3-6-17(24)26/h2,4-5,12,16H,3,6-11,13H2,1H3. The molecule has 3 heterocycles. The van der Waals surface area contributed by atoms with Crippen molar-refractivity contribution in [2.24, 2.45) is 0 Å². The molecule has 0 aliphatic carbocycles. The molecule has 0 bridgehead atoms. The number of carbonyl (C=O) groups excluding carboxylic acids is 2. The number of rotatable bonds is 6. The van der Waals surface area contributed by atoms with Gasteiger partial charge in [-0.1, -0.05) is 6.07 Å². The maximum atomic E-state index is 13.1. The van der Waals surface area contributed by atoms with Gasteiger partial charge in [-0.3, -0.25) is 9.59 Å². The van der Waals surface area contributed by atoms with E-state index in [2.05, 4.69) is 15.4 Å². The van der Waals surface area contributed by atoms with E-state index in [1.807, 2.05) is 12.1 Å². The van der Waals surface area contributed by atoms with E-state index in [4.69, 9.17) is 9.47 Å². The van der Waals surface area contributed by atoms with Crippen molar-refractivity contribution in [2.45, 2.75) is 25.5 Å². The molecule has 10 nitrogen and oxygen atoms in total. The summed E-state index contributed by atoms with van der Waals surface area (Å²) in [5.41, 5.74) is 1.32. The van der Waals surface area contributed by atoms with Gasteiger partial charge in [-0.05, 0) is 29.8 Å². The van der Waals surface area contributed by atoms with Crippen LogP contribution in [-0.4, -0.2) is 76.9 Å². The molecule has 2 aromatic rings. The Bertz CT molecular complexity index is 885. The van der Waals surface area contributed by atoms with Gasteiger partial charge in [0.15, 0.2) is 0 Å². The van der Waals surface area contributed by atoms with Gasteiger partial charge in [-0.2, -0.15) is 4.80 Å². The fraction of sp³-hybridized carbons (Fsp3) is 0.526. The highest BCUT2D eigenvalue weighted by atomic mass is 16.5. The number of benzene rings is 1. The van der Waals surface area contributed by atoms with Crippen LogP contribution in [0.1, 0.15) is 35.1 Å². The van der Waals surface area contributed by atoms with E-state index in [1.165, 1.54) is 4.80 Å². The van der Waals surface area contributed by atoms with Gasteiger partial charge in [0.25, 0.3) is 5.91 Å². The second kappa shape index (κ2) is 8.66. The summed E-state index contributed by atoms with van der Waals surface area (Å²) in [4.78, 5) is 30.0. The third-order valence-corrected chi connectivity index (χ3v) is 5.08. The van der Waals surface area contributed by atoms with Crippen LogP contribution >= 0.6 is 0 Å². The molecule has 2 saturated heterocycles. The second-order valence-corrected chi connectivity index (χ2v) is 7.05. The van der Waals surface area contributed by atoms with Gasteiger partial charge in [0.1, 0.15) is 6.10 Å². The summed E-state index contributed by atoms with van der Waals surface area (Å²) in [6.07, 6.45) is 0.981. The van der Waals surface area contributed by atoms with E-state index < -0.39 is 6.10 Å². The van der Waals surface area contributed by atoms with Gasteiger partial charge in [0, 0.05) is 37.9 Å². The van der Waals surface area contributed by atoms with Crippen LogP contribution in [0.2, 0.25) is 0 Å². The van der Waals surface area contributed by atoms with Crippen molar-refractivity contribution in [3.05, 3.63) is 35.7 Å². The monoisotopic (exact) mass is 400 g/mol. The molecule has 1 aromatic carbocycles. The number of ether oxygens (including phenoxy) is 2. The summed E-state index contributed by atoms with van der Waals surface area (Å²) in [7, 11) is 1.61. The number of hydrogen-bond acceptors (Lipinski definition) is 7. The summed E-state index contributed by atoms with van der Waals surface area (Å²) in [5.74, 6) is 0.456. The molecule has 154 valence electrons. The van der Waals surface area contributed by atoms with Crippen molar-refractivity contribution in [2.75, 3.05) is 44.9 Å². The predicted molar refractivity (Wildman–Crippen MR) is 102 cm³/mol. The molecule has 0 spiro atoms. The Kier molecular flexibility index (Phi) is 5.81. The van der Waals surface area contributed by atoms with Crippen molar-refractivity contribution in [1.29, 1.82) is 0 Å². The van der Waals surface area contributed by atoms with Crippen molar-refractivity contribution in [3.63, 3.8) is 0 Å². The number of morpholine rings is 1. The van der Waals surface area contributed by atoms with Crippen molar-refractivity contribution in [3.8, 4) is 0 Å². The fourth-order valence-corrected chi connectivity index (χ4v) is 3.55. The SMILES string of the molecule is COCCn1nnc(C2CN(C(=O)c3cccc(N4CCCC4=O)c3)CCO2)n1. The molecule has 1 aromatic heterocycles. The lowest BCUT2D eigenvalue weighted by atomic mass is 10.1. The number of amides is 2. The third-order valence-electron chi connectivity index (χ3n) is 5.08. The number of methoxy groups -OCH3 is 1. The van der Waals surface area contributed by atoms with E-state index in [1.54, 1.807) is 29.0 Å². The molecule has 1 atom stereocenters. The molecule has 2 aliphatic rings. The molecule has 4 rings (SSSR count). The maximum Gasteiger partial charge on any atom is 0.254 e. The topological polar surface area (TPSA) is 103 Å². The van der Waals surface area contributed by atoms with E-state index in [0.29, 0.717) is 57.2 Å². The first-order chi connectivity index (χ1) is 14.2. The Balaban J connectivity index is 1.45. The molecule has 10 heteroatoms. The van der Waals surface area contributed by atoms with Crippen molar-refractivity contribution in [1.82, 2.24) is 25.1 Å². The van der Waals surface area contributed by atoms with Crippen LogP contribution in [0.15, 0.2) is 24.3 Å². The average molecular weight is 400 g/mol. The minimum Gasteiger partial charge on any atom is -0.383 e. The van der Waals surface area contributed by atoms with Gasteiger partial charge >= 0.3 is 0 Å². The number of tetrazole rings is 1. The highest BCUT2D eigenvalue weighted by Gasteiger charge is 2.30. The first-order valence-electron chi connectivity index (χ1n) is 9.73. The number of nitrogens with zero attached hydrogens (tertiary/aromatic N) is 6. The van der Waals surface area contributed by atoms with Crippen LogP contribution in [0.25, 0.3) is 0 Å². The fourth-order valence-electron chi connectivity index (χ4n) is 3.55. The van der Waals surface area contributed by atoms with Crippen LogP contribution in [0, 0.1) is 0 Å². The molecular weight excluding hydrogens is 376 g/mol. The van der Waals surface area contributed by atoms with Gasteiger partial charge in [-0.15, -0.1) is 10.2 Å². The Hall–Kier alpha value is -2.85. The lowest BCUT2D eigenvalue weighted by molar-refractivity contribution is -0.117. The summed E-state index contributed by atoms with van der Waals surface area (Å²) < 4.78 is 10.8. The minimum atomic E-state index is -0.424. The third kappa shape index (κ3) is 4.28. The molecule has 0 N–H and O–H groups in total. The summed E-state index contributed by atoms with van der Waals surface area (Å²) in [5, 5.41) is 12.4. The van der Waals surface area contributed by atoms with E-state index in [9.17, 15) is 9.59 Å². The Morgan fingerprint density at radius 2 is 2.24 bits per heavy atom. The smallest absolute Gasteiger partial charge is 0.254 e. The zero-order valence-corrected chi connectivity index (χ0v) is 16.4. The van der Waals surface area contributed by atoms with Crippen LogP contribution < -0.4 is 4.90 Å². The predicted octanol–water partition coefficient (Wildman–Crippen LogP) is 0.660. The zero-order valence-electron chi connectivity index (χ0n) is 16.4. The first kappa shape index (κ1) is 19.5. The van der Waals surface area contributed by atoms with Crippen molar-refractivity contribution < 1.29 is 19.1 Å². The Morgan fingerprint density at radius 1 is 1.34 bits per heavy atom. The van der Waals surface area contributed by atoms with Crippen molar-refractivity contribution >= 4 is 17.5 Å². The van der Waals surface area contributed by atoms with Crippen LogP contribution in [0.4, 0.5) is 5.69 Å². The lowest BCUT2D eigenvalue weighted by Gasteiger charge is -2.31. The van der Waals surface area contributed by atoms with Gasteiger partial charge < -0.3 is 19.3 Å². The Morgan fingerprint density at radius 3 is 3.03 bits per heavy atom. The average Bonchev–Trinajstić information content (AvgIpc) is 3.41. The van der Waals surface area contributed by atoms with Crippen LogP contribution in [0.5, 0.6) is 0 Å². The molecule has 2 amide bonds. The quantitative estimate of drug-likeness (QED) is 0.702. The van der Waals surface area contributed by atoms with Gasteiger partial charge in [0.2, 0.25) is 11.7 Å². The molecule has 1 unspecified atom stereocenters. The summed E-state index contributed by atoms with van der Waals surface area (Å²) >= 11 is 0. The normalized spacial score (nSPS) is 19.8. The largest absolute Gasteiger partial charge is 0.383 e. The van der Waals surface area contributed by atoms with Gasteiger partial charge in [0.05, 0.1) is 26.3 Å². The second-order valence-electron chi connectivity index (χ2n) is 7.05. The molecule has 2 fully saturated rings. The van der Waals surface area contributed by atoms with Crippen LogP contribution in [-0.2, 0) is 20.8 Å². The zero-order chi connectivity index (χ0) is 20.2. The first-order valence-corrected chi connectivity index (χ1v) is 9.73. The van der Waals surface area contributed by atoms with E-state index in [-0.39, 0.29) is 11.8 Å². The van der Waals surface area contributed by atoms with E-state index in [0.717, 1.165) is 12.1 Å². The maximum absolute atomic E-state index is 13.1. The highest BCUT2D eigenvalue weighted by molar-refractivity contribution is 5.99. The summed E-state index contributed by atoms with van der Waals surface area (Å²) in [6, 6.07) is 7.24. The van der Waals surface area contributed by atoms with Crippen LogP contribution in [0.3, 0.4) is 0 Å². The van der Waals surface area contributed by atoms with E-state index >= 15 is 0 Å². The molecule has 0 saturated carbocycles. The number of aromatic nitrogens is 4. The number of hydrogen-bond donors (Lipinski definition) is 0. The molecular formula is C19H24N6O4. The summed E-state index contributed by atoms with van der Waals surface area (Å²) in [6.45, 7) is 2.91. The molecule has 29 heavy (non-hydrogen) atoms. The number of carbonyl (C=O) groups is 2. The Labute approximate surface area is 168 Å².